The van der Waals surface area contributed by atoms with Gasteiger partial charge in [-0.25, -0.2) is 0 Å². The van der Waals surface area contributed by atoms with Crippen molar-refractivity contribution in [2.75, 3.05) is 17.6 Å². The molecule has 0 aliphatic rings. The minimum absolute atomic E-state index is 0.0735. The molecule has 17 heavy (non-hydrogen) atoms. The minimum Gasteiger partial charge on any atom is -0.390 e. The molecule has 0 saturated carbocycles. The van der Waals surface area contributed by atoms with E-state index in [-0.39, 0.29) is 6.54 Å². The van der Waals surface area contributed by atoms with Crippen LogP contribution in [0.3, 0.4) is 0 Å². The van der Waals surface area contributed by atoms with Crippen LogP contribution >= 0.6 is 0 Å². The zero-order chi connectivity index (χ0) is 13.1. The average Bonchev–Trinajstić information content (AvgIpc) is 2.17. The second kappa shape index (κ2) is 5.48. The first-order chi connectivity index (χ1) is 7.78. The maximum Gasteiger partial charge on any atom is 0.267 e. The Labute approximate surface area is 101 Å². The van der Waals surface area contributed by atoms with Gasteiger partial charge in [-0.2, -0.15) is 8.42 Å². The molecule has 96 valence electrons. The highest BCUT2D eigenvalue weighted by atomic mass is 32.2. The zero-order valence-electron chi connectivity index (χ0n) is 9.84. The fourth-order valence-corrected chi connectivity index (χ4v) is 2.06. The smallest absolute Gasteiger partial charge is 0.267 e. The van der Waals surface area contributed by atoms with Crippen LogP contribution in [0.2, 0.25) is 0 Å². The van der Waals surface area contributed by atoms with Gasteiger partial charge in [0.25, 0.3) is 10.1 Å². The number of aryl methyl sites for hydroxylation is 2. The van der Waals surface area contributed by atoms with Crippen LogP contribution in [0.4, 0.5) is 5.69 Å². The number of rotatable bonds is 5. The van der Waals surface area contributed by atoms with Crippen molar-refractivity contribution in [3.63, 3.8) is 0 Å². The molecule has 1 unspecified atom stereocenters. The standard InChI is InChI=1S/C11H17NO4S/c1-8-3-4-9(2)11(5-8)12-6-10(13)7-17(14,15)16/h3-5,10,12-13H,6-7H2,1-2H3,(H,14,15,16). The Morgan fingerprint density at radius 3 is 2.59 bits per heavy atom. The largest absolute Gasteiger partial charge is 0.390 e. The van der Waals surface area contributed by atoms with E-state index in [1.807, 2.05) is 32.0 Å². The summed E-state index contributed by atoms with van der Waals surface area (Å²) >= 11 is 0. The molecule has 0 saturated heterocycles. The van der Waals surface area contributed by atoms with E-state index in [9.17, 15) is 13.5 Å². The Bertz CT molecular complexity index is 484. The third-order valence-electron chi connectivity index (χ3n) is 2.32. The first-order valence-electron chi connectivity index (χ1n) is 5.22. The summed E-state index contributed by atoms with van der Waals surface area (Å²) in [6, 6.07) is 5.82. The first-order valence-corrected chi connectivity index (χ1v) is 6.83. The average molecular weight is 259 g/mol. The van der Waals surface area contributed by atoms with Gasteiger partial charge in [-0.1, -0.05) is 12.1 Å². The van der Waals surface area contributed by atoms with Crippen LogP contribution in [0.1, 0.15) is 11.1 Å². The molecule has 0 fully saturated rings. The van der Waals surface area contributed by atoms with E-state index in [1.54, 1.807) is 0 Å². The predicted octanol–water partition coefficient (Wildman–Crippen LogP) is 0.964. The maximum absolute atomic E-state index is 10.5. The molecule has 0 amide bonds. The van der Waals surface area contributed by atoms with Gasteiger partial charge in [0.05, 0.1) is 6.10 Å². The summed E-state index contributed by atoms with van der Waals surface area (Å²) < 4.78 is 29.7. The van der Waals surface area contributed by atoms with Crippen molar-refractivity contribution < 1.29 is 18.1 Å². The first kappa shape index (κ1) is 14.0. The molecule has 5 nitrogen and oxygen atoms in total. The number of nitrogens with one attached hydrogen (secondary N) is 1. The summed E-state index contributed by atoms with van der Waals surface area (Å²) in [5, 5.41) is 12.4. The summed E-state index contributed by atoms with van der Waals surface area (Å²) in [7, 11) is -4.14. The van der Waals surface area contributed by atoms with Gasteiger partial charge in [-0.15, -0.1) is 0 Å². The second-order valence-corrected chi connectivity index (χ2v) is 5.60. The number of aliphatic hydroxyl groups excluding tert-OH is 1. The molecule has 1 aromatic carbocycles. The summed E-state index contributed by atoms with van der Waals surface area (Å²) in [6.07, 6.45) is -1.13. The Morgan fingerprint density at radius 1 is 1.35 bits per heavy atom. The molecule has 0 bridgehead atoms. The third-order valence-corrected chi connectivity index (χ3v) is 3.13. The van der Waals surface area contributed by atoms with Gasteiger partial charge in [0.15, 0.2) is 0 Å². The van der Waals surface area contributed by atoms with Gasteiger partial charge >= 0.3 is 0 Å². The van der Waals surface area contributed by atoms with Crippen molar-refractivity contribution in [2.24, 2.45) is 0 Å². The lowest BCUT2D eigenvalue weighted by atomic mass is 10.1. The Morgan fingerprint density at radius 2 is 2.00 bits per heavy atom. The zero-order valence-corrected chi connectivity index (χ0v) is 10.7. The van der Waals surface area contributed by atoms with Gasteiger partial charge in [0, 0.05) is 12.2 Å². The lowest BCUT2D eigenvalue weighted by molar-refractivity contribution is 0.208. The highest BCUT2D eigenvalue weighted by Crippen LogP contribution is 2.16. The Kier molecular flexibility index (Phi) is 4.50. The van der Waals surface area contributed by atoms with Crippen LogP contribution in [0.25, 0.3) is 0 Å². The second-order valence-electron chi connectivity index (χ2n) is 4.10. The van der Waals surface area contributed by atoms with Crippen LogP contribution in [0, 0.1) is 13.8 Å². The van der Waals surface area contributed by atoms with Crippen LogP contribution in [0.5, 0.6) is 0 Å². The van der Waals surface area contributed by atoms with E-state index in [0.29, 0.717) is 0 Å². The molecule has 6 heteroatoms. The van der Waals surface area contributed by atoms with Crippen molar-refractivity contribution in [2.45, 2.75) is 20.0 Å². The molecular formula is C11H17NO4S. The highest BCUT2D eigenvalue weighted by molar-refractivity contribution is 7.85. The molecule has 1 atom stereocenters. The number of hydrogen-bond acceptors (Lipinski definition) is 4. The van der Waals surface area contributed by atoms with E-state index < -0.39 is 22.0 Å². The summed E-state index contributed by atoms with van der Waals surface area (Å²) in [4.78, 5) is 0. The highest BCUT2D eigenvalue weighted by Gasteiger charge is 2.13. The van der Waals surface area contributed by atoms with E-state index in [0.717, 1.165) is 16.8 Å². The van der Waals surface area contributed by atoms with Crippen molar-refractivity contribution in [3.8, 4) is 0 Å². The number of hydrogen-bond donors (Lipinski definition) is 3. The van der Waals surface area contributed by atoms with Gasteiger partial charge in [0.1, 0.15) is 5.75 Å². The summed E-state index contributed by atoms with van der Waals surface area (Å²) in [5.74, 6) is -0.662. The van der Waals surface area contributed by atoms with Crippen LogP contribution in [-0.4, -0.2) is 36.5 Å². The van der Waals surface area contributed by atoms with Gasteiger partial charge in [-0.05, 0) is 31.0 Å². The molecule has 1 aromatic rings. The molecule has 0 aromatic heterocycles. The monoisotopic (exact) mass is 259 g/mol. The Hall–Kier alpha value is -1.11. The summed E-state index contributed by atoms with van der Waals surface area (Å²) in [6.45, 7) is 3.93. The molecule has 0 aliphatic carbocycles. The van der Waals surface area contributed by atoms with E-state index in [4.69, 9.17) is 4.55 Å². The van der Waals surface area contributed by atoms with Crippen molar-refractivity contribution in [1.82, 2.24) is 0 Å². The molecule has 0 radical (unpaired) electrons. The fraction of sp³-hybridized carbons (Fsp3) is 0.455. The van der Waals surface area contributed by atoms with Crippen LogP contribution in [0.15, 0.2) is 18.2 Å². The molecule has 0 heterocycles. The molecule has 0 spiro atoms. The quantitative estimate of drug-likeness (QED) is 0.686. The topological polar surface area (TPSA) is 86.6 Å². The minimum atomic E-state index is -4.14. The lowest BCUT2D eigenvalue weighted by Gasteiger charge is -2.13. The van der Waals surface area contributed by atoms with Crippen molar-refractivity contribution >= 4 is 15.8 Å². The van der Waals surface area contributed by atoms with E-state index in [2.05, 4.69) is 5.32 Å². The molecule has 0 aliphatic heterocycles. The number of anilines is 1. The SMILES string of the molecule is Cc1ccc(C)c(NCC(O)CS(=O)(=O)O)c1. The van der Waals surface area contributed by atoms with Gasteiger partial charge in [-0.3, -0.25) is 4.55 Å². The fourth-order valence-electron chi connectivity index (χ4n) is 1.46. The molecular weight excluding hydrogens is 242 g/mol. The third kappa shape index (κ3) is 5.16. The molecule has 1 rings (SSSR count). The van der Waals surface area contributed by atoms with Gasteiger partial charge < -0.3 is 10.4 Å². The maximum atomic E-state index is 10.5. The normalized spacial score (nSPS) is 13.4. The lowest BCUT2D eigenvalue weighted by Crippen LogP contribution is -2.27. The number of aliphatic hydroxyl groups is 1. The van der Waals surface area contributed by atoms with Crippen LogP contribution < -0.4 is 5.32 Å². The predicted molar refractivity (Wildman–Crippen MR) is 66.8 cm³/mol. The number of benzene rings is 1. The molecule has 3 N–H and O–H groups in total. The van der Waals surface area contributed by atoms with Gasteiger partial charge in [0.2, 0.25) is 0 Å². The van der Waals surface area contributed by atoms with Crippen molar-refractivity contribution in [3.05, 3.63) is 29.3 Å². The van der Waals surface area contributed by atoms with E-state index >= 15 is 0 Å². The Balaban J connectivity index is 2.58. The van der Waals surface area contributed by atoms with Crippen LogP contribution in [-0.2, 0) is 10.1 Å². The van der Waals surface area contributed by atoms with Crippen molar-refractivity contribution in [1.29, 1.82) is 0 Å². The summed E-state index contributed by atoms with van der Waals surface area (Å²) in [5.41, 5.74) is 2.93. The van der Waals surface area contributed by atoms with E-state index in [1.165, 1.54) is 0 Å².